The first-order chi connectivity index (χ1) is 12.0. The van der Waals surface area contributed by atoms with Crippen LogP contribution in [0.3, 0.4) is 0 Å². The zero-order valence-electron chi connectivity index (χ0n) is 14.2. The third-order valence-corrected chi connectivity index (χ3v) is 3.89. The van der Waals surface area contributed by atoms with Crippen molar-refractivity contribution in [1.82, 2.24) is 29.7 Å². The van der Waals surface area contributed by atoms with Gasteiger partial charge in [0.25, 0.3) is 5.91 Å². The van der Waals surface area contributed by atoms with Crippen LogP contribution in [0.1, 0.15) is 23.1 Å². The van der Waals surface area contributed by atoms with E-state index in [0.717, 1.165) is 23.5 Å². The lowest BCUT2D eigenvalue weighted by atomic mass is 10.2. The minimum atomic E-state index is -0.529. The summed E-state index contributed by atoms with van der Waals surface area (Å²) >= 11 is 0. The Labute approximate surface area is 143 Å². The van der Waals surface area contributed by atoms with Gasteiger partial charge in [-0.15, -0.1) is 0 Å². The number of esters is 1. The van der Waals surface area contributed by atoms with Crippen molar-refractivity contribution < 1.29 is 14.3 Å². The molecule has 0 saturated carbocycles. The lowest BCUT2D eigenvalue weighted by Crippen LogP contribution is -2.30. The highest BCUT2D eigenvalue weighted by Gasteiger charge is 2.17. The molecule has 9 nitrogen and oxygen atoms in total. The van der Waals surface area contributed by atoms with Crippen LogP contribution >= 0.6 is 0 Å². The molecule has 3 aromatic heterocycles. The maximum Gasteiger partial charge on any atom is 0.325 e. The van der Waals surface area contributed by atoms with Crippen LogP contribution in [0.25, 0.3) is 16.9 Å². The second-order valence-electron chi connectivity index (χ2n) is 5.35. The summed E-state index contributed by atoms with van der Waals surface area (Å²) in [5, 5.41) is 11.1. The SMILES string of the molecule is CCn1ncc(-c2ccnc3cc(C(=O)NCC(=O)OC)nn23)c1C. The molecular weight excluding hydrogens is 324 g/mol. The summed E-state index contributed by atoms with van der Waals surface area (Å²) in [7, 11) is 1.26. The summed E-state index contributed by atoms with van der Waals surface area (Å²) in [6, 6.07) is 3.38. The fourth-order valence-electron chi connectivity index (χ4n) is 2.54. The number of fused-ring (bicyclic) bond motifs is 1. The van der Waals surface area contributed by atoms with Crippen LogP contribution in [0.2, 0.25) is 0 Å². The van der Waals surface area contributed by atoms with Crippen molar-refractivity contribution in [3.63, 3.8) is 0 Å². The zero-order chi connectivity index (χ0) is 18.0. The van der Waals surface area contributed by atoms with Gasteiger partial charge in [0.2, 0.25) is 0 Å². The number of methoxy groups -OCH3 is 1. The largest absolute Gasteiger partial charge is 0.468 e. The lowest BCUT2D eigenvalue weighted by Gasteiger charge is -2.04. The van der Waals surface area contributed by atoms with Crippen LogP contribution in [-0.4, -0.2) is 49.9 Å². The monoisotopic (exact) mass is 342 g/mol. The Bertz CT molecular complexity index is 943. The highest BCUT2D eigenvalue weighted by molar-refractivity contribution is 5.95. The Morgan fingerprint density at radius 1 is 1.36 bits per heavy atom. The van der Waals surface area contributed by atoms with Crippen LogP contribution in [-0.2, 0) is 16.1 Å². The molecule has 0 atom stereocenters. The molecular formula is C16H18N6O3. The number of carbonyl (C=O) groups excluding carboxylic acids is 2. The van der Waals surface area contributed by atoms with Crippen LogP contribution in [0.15, 0.2) is 24.5 Å². The number of aryl methyl sites for hydroxylation is 1. The van der Waals surface area contributed by atoms with Crippen LogP contribution in [0.5, 0.6) is 0 Å². The summed E-state index contributed by atoms with van der Waals surface area (Å²) in [6.07, 6.45) is 3.43. The van der Waals surface area contributed by atoms with Gasteiger partial charge < -0.3 is 10.1 Å². The molecule has 3 heterocycles. The highest BCUT2D eigenvalue weighted by atomic mass is 16.5. The number of carbonyl (C=O) groups is 2. The van der Waals surface area contributed by atoms with E-state index in [1.807, 2.05) is 24.6 Å². The van der Waals surface area contributed by atoms with E-state index >= 15 is 0 Å². The Hall–Kier alpha value is -3.23. The summed E-state index contributed by atoms with van der Waals surface area (Å²) in [4.78, 5) is 27.5. The van der Waals surface area contributed by atoms with E-state index in [9.17, 15) is 9.59 Å². The van der Waals surface area contributed by atoms with E-state index in [2.05, 4.69) is 25.2 Å². The van der Waals surface area contributed by atoms with E-state index in [0.29, 0.717) is 5.65 Å². The molecule has 0 aromatic carbocycles. The van der Waals surface area contributed by atoms with Gasteiger partial charge in [0.1, 0.15) is 6.54 Å². The molecule has 0 unspecified atom stereocenters. The van der Waals surface area contributed by atoms with Gasteiger partial charge in [-0.3, -0.25) is 14.3 Å². The van der Waals surface area contributed by atoms with Crippen molar-refractivity contribution in [3.05, 3.63) is 35.9 Å². The fraction of sp³-hybridized carbons (Fsp3) is 0.312. The smallest absolute Gasteiger partial charge is 0.325 e. The first-order valence-electron chi connectivity index (χ1n) is 7.77. The van der Waals surface area contributed by atoms with E-state index in [1.165, 1.54) is 7.11 Å². The number of aromatic nitrogens is 5. The molecule has 0 saturated heterocycles. The second-order valence-corrected chi connectivity index (χ2v) is 5.35. The molecule has 9 heteroatoms. The molecule has 25 heavy (non-hydrogen) atoms. The fourth-order valence-corrected chi connectivity index (χ4v) is 2.54. The van der Waals surface area contributed by atoms with Gasteiger partial charge in [-0.2, -0.15) is 10.2 Å². The van der Waals surface area contributed by atoms with Crippen molar-refractivity contribution in [3.8, 4) is 11.3 Å². The first-order valence-corrected chi connectivity index (χ1v) is 7.77. The predicted molar refractivity (Wildman–Crippen MR) is 89.0 cm³/mol. The van der Waals surface area contributed by atoms with Gasteiger partial charge in [-0.25, -0.2) is 9.50 Å². The normalized spacial score (nSPS) is 10.8. The van der Waals surface area contributed by atoms with Crippen LogP contribution in [0.4, 0.5) is 0 Å². The molecule has 0 aliphatic carbocycles. The van der Waals surface area contributed by atoms with Crippen LogP contribution in [0, 0.1) is 6.92 Å². The summed E-state index contributed by atoms with van der Waals surface area (Å²) in [5.41, 5.74) is 3.41. The number of amides is 1. The predicted octanol–water partition coefficient (Wildman–Crippen LogP) is 0.824. The van der Waals surface area contributed by atoms with Gasteiger partial charge in [0.15, 0.2) is 11.3 Å². The molecule has 0 aliphatic rings. The van der Waals surface area contributed by atoms with E-state index in [-0.39, 0.29) is 12.2 Å². The lowest BCUT2D eigenvalue weighted by molar-refractivity contribution is -0.139. The third kappa shape index (κ3) is 3.08. The summed E-state index contributed by atoms with van der Waals surface area (Å²) in [5.74, 6) is -0.999. The summed E-state index contributed by atoms with van der Waals surface area (Å²) in [6.45, 7) is 4.54. The average molecular weight is 342 g/mol. The van der Waals surface area contributed by atoms with E-state index in [4.69, 9.17) is 0 Å². The molecule has 3 aromatic rings. The molecule has 3 rings (SSSR count). The Morgan fingerprint density at radius 3 is 2.84 bits per heavy atom. The van der Waals surface area contributed by atoms with E-state index in [1.54, 1.807) is 23.0 Å². The molecule has 0 spiro atoms. The first kappa shape index (κ1) is 16.6. The number of nitrogens with zero attached hydrogens (tertiary/aromatic N) is 5. The third-order valence-electron chi connectivity index (χ3n) is 3.89. The van der Waals surface area contributed by atoms with Gasteiger partial charge in [-0.1, -0.05) is 0 Å². The van der Waals surface area contributed by atoms with E-state index < -0.39 is 11.9 Å². The molecule has 1 amide bonds. The zero-order valence-corrected chi connectivity index (χ0v) is 14.2. The number of hydrogen-bond donors (Lipinski definition) is 1. The maximum absolute atomic E-state index is 12.2. The molecule has 1 N–H and O–H groups in total. The topological polar surface area (TPSA) is 103 Å². The summed E-state index contributed by atoms with van der Waals surface area (Å²) < 4.78 is 7.98. The Balaban J connectivity index is 1.97. The van der Waals surface area contributed by atoms with Crippen molar-refractivity contribution in [2.75, 3.05) is 13.7 Å². The number of nitrogens with one attached hydrogen (secondary N) is 1. The van der Waals surface area contributed by atoms with Crippen LogP contribution < -0.4 is 5.32 Å². The van der Waals surface area contributed by atoms with Crippen molar-refractivity contribution in [2.45, 2.75) is 20.4 Å². The van der Waals surface area contributed by atoms with Gasteiger partial charge in [0, 0.05) is 30.1 Å². The molecule has 130 valence electrons. The minimum absolute atomic E-state index is 0.171. The average Bonchev–Trinajstić information content (AvgIpc) is 3.22. The Morgan fingerprint density at radius 2 is 2.16 bits per heavy atom. The highest BCUT2D eigenvalue weighted by Crippen LogP contribution is 2.23. The molecule has 0 aliphatic heterocycles. The van der Waals surface area contributed by atoms with Gasteiger partial charge in [0.05, 0.1) is 19.0 Å². The van der Waals surface area contributed by atoms with Crippen molar-refractivity contribution >= 4 is 17.5 Å². The Kier molecular flexibility index (Phi) is 4.46. The molecule has 0 fully saturated rings. The number of hydrogen-bond acceptors (Lipinski definition) is 6. The van der Waals surface area contributed by atoms with Crippen molar-refractivity contribution in [2.24, 2.45) is 0 Å². The number of rotatable bonds is 5. The maximum atomic E-state index is 12.2. The van der Waals surface area contributed by atoms with Crippen molar-refractivity contribution in [1.29, 1.82) is 0 Å². The molecule has 0 bridgehead atoms. The minimum Gasteiger partial charge on any atom is -0.468 e. The second kappa shape index (κ2) is 6.71. The van der Waals surface area contributed by atoms with Gasteiger partial charge >= 0.3 is 5.97 Å². The quantitative estimate of drug-likeness (QED) is 0.689. The molecule has 0 radical (unpaired) electrons. The standard InChI is InChI=1S/C16H18N6O3/c1-4-21-10(2)11(8-19-21)13-5-6-17-14-7-12(20-22(13)14)16(24)18-9-15(23)25-3/h5-8H,4,9H2,1-3H3,(H,18,24). The van der Waals surface area contributed by atoms with Gasteiger partial charge in [-0.05, 0) is 19.9 Å². The number of ether oxygens (including phenoxy) is 1.